The lowest BCUT2D eigenvalue weighted by atomic mass is 9.96. The van der Waals surface area contributed by atoms with E-state index in [0.717, 1.165) is 17.3 Å². The number of nitrogens with zero attached hydrogens (tertiary/aromatic N) is 2. The average molecular weight is 430 g/mol. The van der Waals surface area contributed by atoms with Gasteiger partial charge in [0.05, 0.1) is 22.8 Å². The van der Waals surface area contributed by atoms with E-state index in [0.29, 0.717) is 29.9 Å². The van der Waals surface area contributed by atoms with E-state index in [2.05, 4.69) is 26.2 Å². The molecule has 0 radical (unpaired) electrons. The van der Waals surface area contributed by atoms with E-state index in [1.807, 2.05) is 13.0 Å². The molecule has 0 aliphatic heterocycles. The van der Waals surface area contributed by atoms with Crippen molar-refractivity contribution < 1.29 is 4.79 Å². The number of benzene rings is 1. The summed E-state index contributed by atoms with van der Waals surface area (Å²) in [5, 5.41) is 3.57. The largest absolute Gasteiger partial charge is 0.349 e. The number of hydrogen-bond donors (Lipinski definition) is 2. The van der Waals surface area contributed by atoms with Crippen LogP contribution in [0.1, 0.15) is 26.2 Å². The molecule has 2 aromatic rings. The van der Waals surface area contributed by atoms with Crippen LogP contribution in [0.4, 0.5) is 0 Å². The van der Waals surface area contributed by atoms with Crippen molar-refractivity contribution in [2.75, 3.05) is 6.54 Å². The summed E-state index contributed by atoms with van der Waals surface area (Å²) in [5.41, 5.74) is 5.99. The minimum atomic E-state index is -0.339. The van der Waals surface area contributed by atoms with Crippen LogP contribution >= 0.6 is 28.3 Å². The zero-order valence-electron chi connectivity index (χ0n) is 14.0. The average Bonchev–Trinajstić information content (AvgIpc) is 3.40. The summed E-state index contributed by atoms with van der Waals surface area (Å²) in [6, 6.07) is 5.39. The van der Waals surface area contributed by atoms with Gasteiger partial charge in [0.2, 0.25) is 5.91 Å². The number of carbonyl (C=O) groups is 1. The third-order valence-electron chi connectivity index (χ3n) is 4.69. The van der Waals surface area contributed by atoms with E-state index in [4.69, 9.17) is 5.73 Å². The molecule has 1 fully saturated rings. The number of aromatic nitrogens is 2. The SMILES string of the molecule is CC(CN)(NC(=O)CCn1cnc2ccc(Br)cc2c1=O)C1CC1.Cl. The predicted molar refractivity (Wildman–Crippen MR) is 104 cm³/mol. The third kappa shape index (κ3) is 4.40. The maximum absolute atomic E-state index is 12.5. The van der Waals surface area contributed by atoms with Gasteiger partial charge >= 0.3 is 0 Å². The van der Waals surface area contributed by atoms with Crippen LogP contribution in [0.5, 0.6) is 0 Å². The van der Waals surface area contributed by atoms with Gasteiger partial charge in [-0.05, 0) is 43.9 Å². The summed E-state index contributed by atoms with van der Waals surface area (Å²) in [4.78, 5) is 29.0. The van der Waals surface area contributed by atoms with E-state index in [1.54, 1.807) is 12.1 Å². The molecule has 1 unspecified atom stereocenters. The highest BCUT2D eigenvalue weighted by atomic mass is 79.9. The first-order valence-electron chi connectivity index (χ1n) is 8.09. The van der Waals surface area contributed by atoms with Gasteiger partial charge in [0.25, 0.3) is 5.56 Å². The van der Waals surface area contributed by atoms with E-state index in [-0.39, 0.29) is 35.8 Å². The number of nitrogens with two attached hydrogens (primary N) is 1. The Bertz CT molecular complexity index is 837. The highest BCUT2D eigenvalue weighted by Gasteiger charge is 2.41. The first kappa shape index (κ1) is 19.9. The molecule has 0 saturated heterocycles. The molecule has 25 heavy (non-hydrogen) atoms. The molecule has 1 aromatic carbocycles. The Morgan fingerprint density at radius 3 is 2.84 bits per heavy atom. The highest BCUT2D eigenvalue weighted by Crippen LogP contribution is 2.38. The van der Waals surface area contributed by atoms with Crippen LogP contribution in [0.15, 0.2) is 33.8 Å². The standard InChI is InChI=1S/C17H21BrN4O2.ClH/c1-17(9-19,11-2-3-11)21-15(23)6-7-22-10-20-14-5-4-12(18)8-13(14)16(22)24;/h4-5,8,10-11H,2-3,6-7,9,19H2,1H3,(H,21,23);1H. The lowest BCUT2D eigenvalue weighted by molar-refractivity contribution is -0.123. The number of nitrogens with one attached hydrogen (secondary N) is 1. The van der Waals surface area contributed by atoms with Crippen LogP contribution in [-0.4, -0.2) is 27.5 Å². The Hall–Kier alpha value is -1.44. The fourth-order valence-corrected chi connectivity index (χ4v) is 3.29. The number of carbonyl (C=O) groups excluding carboxylic acids is 1. The second-order valence-corrected chi connectivity index (χ2v) is 7.51. The zero-order valence-corrected chi connectivity index (χ0v) is 16.4. The fourth-order valence-electron chi connectivity index (χ4n) is 2.93. The molecule has 136 valence electrons. The van der Waals surface area contributed by atoms with Gasteiger partial charge in [0.1, 0.15) is 0 Å². The van der Waals surface area contributed by atoms with Gasteiger partial charge in [-0.2, -0.15) is 0 Å². The molecule has 3 rings (SSSR count). The number of halogens is 2. The summed E-state index contributed by atoms with van der Waals surface area (Å²) in [7, 11) is 0. The monoisotopic (exact) mass is 428 g/mol. The van der Waals surface area contributed by atoms with Gasteiger partial charge < -0.3 is 11.1 Å². The van der Waals surface area contributed by atoms with Crippen LogP contribution in [0.2, 0.25) is 0 Å². The quantitative estimate of drug-likeness (QED) is 0.737. The van der Waals surface area contributed by atoms with Crippen molar-refractivity contribution in [1.29, 1.82) is 0 Å². The Kier molecular flexibility index (Phi) is 6.24. The maximum atomic E-state index is 12.5. The fraction of sp³-hybridized carbons (Fsp3) is 0.471. The molecule has 6 nitrogen and oxygen atoms in total. The minimum Gasteiger partial charge on any atom is -0.349 e. The molecule has 3 N–H and O–H groups in total. The van der Waals surface area contributed by atoms with Gasteiger partial charge in [-0.3, -0.25) is 14.2 Å². The van der Waals surface area contributed by atoms with Crippen LogP contribution in [0.25, 0.3) is 10.9 Å². The lowest BCUT2D eigenvalue weighted by Crippen LogP contribution is -2.53. The van der Waals surface area contributed by atoms with Gasteiger partial charge in [0.15, 0.2) is 0 Å². The molecule has 0 spiro atoms. The first-order chi connectivity index (χ1) is 11.4. The van der Waals surface area contributed by atoms with Crippen molar-refractivity contribution in [2.45, 2.75) is 38.3 Å². The second-order valence-electron chi connectivity index (χ2n) is 6.60. The number of amides is 1. The molecule has 0 bridgehead atoms. The molecular formula is C17H22BrClN4O2. The summed E-state index contributed by atoms with van der Waals surface area (Å²) in [6.07, 6.45) is 3.94. The Balaban J connectivity index is 0.00000225. The molecular weight excluding hydrogens is 408 g/mol. The van der Waals surface area contributed by atoms with E-state index < -0.39 is 0 Å². The summed E-state index contributed by atoms with van der Waals surface area (Å²) >= 11 is 3.36. The molecule has 1 atom stereocenters. The van der Waals surface area contributed by atoms with Crippen LogP contribution in [-0.2, 0) is 11.3 Å². The first-order valence-corrected chi connectivity index (χ1v) is 8.88. The molecule has 1 amide bonds. The van der Waals surface area contributed by atoms with E-state index >= 15 is 0 Å². The number of hydrogen-bond acceptors (Lipinski definition) is 4. The maximum Gasteiger partial charge on any atom is 0.261 e. The summed E-state index contributed by atoms with van der Waals surface area (Å²) in [5.74, 6) is 0.380. The predicted octanol–water partition coefficient (Wildman–Crippen LogP) is 2.21. The van der Waals surface area contributed by atoms with Crippen molar-refractivity contribution in [3.8, 4) is 0 Å². The lowest BCUT2D eigenvalue weighted by Gasteiger charge is -2.29. The van der Waals surface area contributed by atoms with Gasteiger partial charge in [0, 0.05) is 24.0 Å². The Labute approximate surface area is 160 Å². The zero-order chi connectivity index (χ0) is 17.3. The molecule has 1 saturated carbocycles. The Morgan fingerprint density at radius 2 is 2.20 bits per heavy atom. The number of aryl methyl sites for hydroxylation is 1. The Morgan fingerprint density at radius 1 is 1.48 bits per heavy atom. The van der Waals surface area contributed by atoms with Gasteiger partial charge in [-0.1, -0.05) is 15.9 Å². The van der Waals surface area contributed by atoms with E-state index in [9.17, 15) is 9.59 Å². The third-order valence-corrected chi connectivity index (χ3v) is 5.19. The normalized spacial score (nSPS) is 16.1. The summed E-state index contributed by atoms with van der Waals surface area (Å²) < 4.78 is 2.30. The van der Waals surface area contributed by atoms with Crippen LogP contribution in [0, 0.1) is 5.92 Å². The smallest absolute Gasteiger partial charge is 0.261 e. The molecule has 1 aliphatic rings. The van der Waals surface area contributed by atoms with Crippen molar-refractivity contribution >= 4 is 45.1 Å². The second kappa shape index (κ2) is 7.85. The topological polar surface area (TPSA) is 90.0 Å². The van der Waals surface area contributed by atoms with E-state index in [1.165, 1.54) is 10.9 Å². The molecule has 1 aliphatic carbocycles. The minimum absolute atomic E-state index is 0. The van der Waals surface area contributed by atoms with Crippen molar-refractivity contribution in [2.24, 2.45) is 11.7 Å². The number of fused-ring (bicyclic) bond motifs is 1. The highest BCUT2D eigenvalue weighted by molar-refractivity contribution is 9.10. The van der Waals surface area contributed by atoms with Crippen molar-refractivity contribution in [3.05, 3.63) is 39.4 Å². The van der Waals surface area contributed by atoms with Crippen LogP contribution < -0.4 is 16.6 Å². The van der Waals surface area contributed by atoms with Gasteiger partial charge in [-0.15, -0.1) is 12.4 Å². The van der Waals surface area contributed by atoms with Gasteiger partial charge in [-0.25, -0.2) is 4.98 Å². The van der Waals surface area contributed by atoms with Crippen molar-refractivity contribution in [1.82, 2.24) is 14.9 Å². The number of rotatable bonds is 6. The summed E-state index contributed by atoms with van der Waals surface area (Å²) in [6.45, 7) is 2.71. The van der Waals surface area contributed by atoms with Crippen LogP contribution in [0.3, 0.4) is 0 Å². The molecule has 8 heteroatoms. The van der Waals surface area contributed by atoms with Crippen molar-refractivity contribution in [3.63, 3.8) is 0 Å². The molecule has 1 aromatic heterocycles. The molecule has 1 heterocycles.